The normalized spacial score (nSPS) is 17.8. The largest absolute Gasteiger partial charge is 0.413 e. The molecule has 0 fully saturated rings. The number of rotatable bonds is 3. The fraction of sp³-hybridized carbons (Fsp3) is 0.667. The Morgan fingerprint density at radius 2 is 1.91 bits per heavy atom. The van der Waals surface area contributed by atoms with Gasteiger partial charge in [0.05, 0.1) is 12.3 Å². The van der Waals surface area contributed by atoms with Gasteiger partial charge in [0.15, 0.2) is 8.32 Å². The Kier molecular flexibility index (Phi) is 4.88. The van der Waals surface area contributed by atoms with E-state index < -0.39 is 8.32 Å². The van der Waals surface area contributed by atoms with Crippen LogP contribution in [0.5, 0.6) is 0 Å². The van der Waals surface area contributed by atoms with Crippen molar-refractivity contribution < 1.29 is 4.43 Å². The maximum atomic E-state index is 6.38. The van der Waals surface area contributed by atoms with Gasteiger partial charge in [-0.3, -0.25) is 0 Å². The molecule has 0 saturated carbocycles. The summed E-state index contributed by atoms with van der Waals surface area (Å²) in [6.45, 7) is 17.8. The van der Waals surface area contributed by atoms with Gasteiger partial charge in [-0.1, -0.05) is 46.8 Å². The summed E-state index contributed by atoms with van der Waals surface area (Å²) in [6, 6.07) is 4.50. The number of hydrogen-bond acceptors (Lipinski definition) is 2. The van der Waals surface area contributed by atoms with Gasteiger partial charge in [0, 0.05) is 11.0 Å². The standard InChI is InChI=1S/C18H30BrNOSi/c1-17(2,3)22(6,7)21-12-13-8-9-14-16(15(13)19)20-11-10-18(14,4)5/h8-9,20H,10-12H2,1-7H3. The molecule has 0 atom stereocenters. The van der Waals surface area contributed by atoms with Crippen LogP contribution in [0.2, 0.25) is 18.1 Å². The van der Waals surface area contributed by atoms with Gasteiger partial charge in [-0.15, -0.1) is 0 Å². The highest BCUT2D eigenvalue weighted by molar-refractivity contribution is 9.10. The lowest BCUT2D eigenvalue weighted by Crippen LogP contribution is -2.40. The Hall–Kier alpha value is -0.323. The van der Waals surface area contributed by atoms with E-state index in [4.69, 9.17) is 4.43 Å². The van der Waals surface area contributed by atoms with Crippen molar-refractivity contribution in [2.45, 2.75) is 71.2 Å². The quantitative estimate of drug-likeness (QED) is 0.639. The molecule has 0 saturated heterocycles. The van der Waals surface area contributed by atoms with Crippen molar-refractivity contribution in [2.75, 3.05) is 11.9 Å². The summed E-state index contributed by atoms with van der Waals surface area (Å²) in [5, 5.41) is 3.81. The smallest absolute Gasteiger partial charge is 0.192 e. The topological polar surface area (TPSA) is 21.3 Å². The number of benzene rings is 1. The Morgan fingerprint density at radius 1 is 1.27 bits per heavy atom. The van der Waals surface area contributed by atoms with Crippen molar-refractivity contribution in [3.05, 3.63) is 27.7 Å². The molecule has 1 heterocycles. The SMILES string of the molecule is CC1(C)CCNc2c1ccc(CO[Si](C)(C)C(C)(C)C)c2Br. The second kappa shape index (κ2) is 5.95. The monoisotopic (exact) mass is 383 g/mol. The van der Waals surface area contributed by atoms with E-state index in [1.165, 1.54) is 27.7 Å². The average molecular weight is 384 g/mol. The summed E-state index contributed by atoms with van der Waals surface area (Å²) in [7, 11) is -1.72. The zero-order chi connectivity index (χ0) is 16.8. The lowest BCUT2D eigenvalue weighted by molar-refractivity contribution is 0.275. The summed E-state index contributed by atoms with van der Waals surface area (Å²) in [5.41, 5.74) is 4.14. The third-order valence-electron chi connectivity index (χ3n) is 5.40. The summed E-state index contributed by atoms with van der Waals surface area (Å²) >= 11 is 3.81. The highest BCUT2D eigenvalue weighted by Gasteiger charge is 2.37. The molecule has 1 aromatic carbocycles. The maximum Gasteiger partial charge on any atom is 0.192 e. The summed E-state index contributed by atoms with van der Waals surface area (Å²) in [4.78, 5) is 0. The van der Waals surface area contributed by atoms with E-state index in [9.17, 15) is 0 Å². The first kappa shape index (κ1) is 18.0. The lowest BCUT2D eigenvalue weighted by Gasteiger charge is -2.37. The third-order valence-corrected chi connectivity index (χ3v) is 10.8. The molecule has 1 aromatic rings. The van der Waals surface area contributed by atoms with Gasteiger partial charge in [0.1, 0.15) is 0 Å². The fourth-order valence-corrected chi connectivity index (χ4v) is 4.13. The molecule has 1 aliphatic heterocycles. The molecule has 0 bridgehead atoms. The predicted molar refractivity (Wildman–Crippen MR) is 102 cm³/mol. The molecule has 0 aromatic heterocycles. The molecule has 1 N–H and O–H groups in total. The second-order valence-corrected chi connectivity index (χ2v) is 14.2. The van der Waals surface area contributed by atoms with E-state index in [1.807, 2.05) is 0 Å². The number of fused-ring (bicyclic) bond motifs is 1. The zero-order valence-electron chi connectivity index (χ0n) is 15.1. The minimum Gasteiger partial charge on any atom is -0.413 e. The van der Waals surface area contributed by atoms with Gasteiger partial charge in [-0.05, 0) is 57.0 Å². The van der Waals surface area contributed by atoms with E-state index in [0.717, 1.165) is 6.54 Å². The van der Waals surface area contributed by atoms with Gasteiger partial charge >= 0.3 is 0 Å². The zero-order valence-corrected chi connectivity index (χ0v) is 17.6. The second-order valence-electron chi connectivity index (χ2n) is 8.57. The molecule has 0 radical (unpaired) electrons. The Labute approximate surface area is 145 Å². The number of anilines is 1. The number of halogens is 1. The van der Waals surface area contributed by atoms with Crippen LogP contribution in [-0.2, 0) is 16.4 Å². The molecule has 1 aliphatic rings. The summed E-state index contributed by atoms with van der Waals surface area (Å²) in [6.07, 6.45) is 1.17. The number of hydrogen-bond donors (Lipinski definition) is 1. The van der Waals surface area contributed by atoms with E-state index in [0.29, 0.717) is 6.61 Å². The van der Waals surface area contributed by atoms with Crippen LogP contribution in [-0.4, -0.2) is 14.9 Å². The van der Waals surface area contributed by atoms with Crippen LogP contribution in [0.1, 0.15) is 52.2 Å². The van der Waals surface area contributed by atoms with E-state index in [2.05, 4.69) is 81.1 Å². The van der Waals surface area contributed by atoms with Crippen LogP contribution < -0.4 is 5.32 Å². The first-order valence-corrected chi connectivity index (χ1v) is 11.9. The molecule has 0 unspecified atom stereocenters. The highest BCUT2D eigenvalue weighted by Crippen LogP contribution is 2.43. The Morgan fingerprint density at radius 3 is 2.50 bits per heavy atom. The highest BCUT2D eigenvalue weighted by atomic mass is 79.9. The third kappa shape index (κ3) is 3.44. The van der Waals surface area contributed by atoms with Crippen LogP contribution in [0.25, 0.3) is 0 Å². The first-order valence-electron chi connectivity index (χ1n) is 8.15. The number of nitrogens with one attached hydrogen (secondary N) is 1. The fourth-order valence-electron chi connectivity index (χ4n) is 2.58. The van der Waals surface area contributed by atoms with E-state index >= 15 is 0 Å². The van der Waals surface area contributed by atoms with Gasteiger partial charge in [0.2, 0.25) is 0 Å². The van der Waals surface area contributed by atoms with Crippen molar-refractivity contribution in [3.8, 4) is 0 Å². The van der Waals surface area contributed by atoms with Gasteiger partial charge in [0.25, 0.3) is 0 Å². The molecule has 4 heteroatoms. The molecule has 124 valence electrons. The first-order chi connectivity index (χ1) is 9.96. The van der Waals surface area contributed by atoms with Crippen molar-refractivity contribution in [3.63, 3.8) is 0 Å². The minimum absolute atomic E-state index is 0.238. The molecule has 22 heavy (non-hydrogen) atoms. The van der Waals surface area contributed by atoms with Crippen LogP contribution >= 0.6 is 15.9 Å². The van der Waals surface area contributed by atoms with Gasteiger partial charge < -0.3 is 9.74 Å². The minimum atomic E-state index is -1.72. The van der Waals surface area contributed by atoms with Crippen LogP contribution in [0.3, 0.4) is 0 Å². The lowest BCUT2D eigenvalue weighted by atomic mass is 9.78. The molecule has 2 nitrogen and oxygen atoms in total. The Bertz CT molecular complexity index is 561. The molecule has 2 rings (SSSR count). The van der Waals surface area contributed by atoms with Crippen molar-refractivity contribution in [1.82, 2.24) is 0 Å². The molecule has 0 spiro atoms. The summed E-state index contributed by atoms with van der Waals surface area (Å²) in [5.74, 6) is 0. The van der Waals surface area contributed by atoms with Crippen LogP contribution in [0.4, 0.5) is 5.69 Å². The van der Waals surface area contributed by atoms with Crippen molar-refractivity contribution in [1.29, 1.82) is 0 Å². The Balaban J connectivity index is 2.25. The van der Waals surface area contributed by atoms with E-state index in [1.54, 1.807) is 0 Å². The molecular formula is C18H30BrNOSi. The molecule has 0 amide bonds. The summed E-state index contributed by atoms with van der Waals surface area (Å²) < 4.78 is 7.56. The van der Waals surface area contributed by atoms with Crippen molar-refractivity contribution >= 4 is 29.9 Å². The van der Waals surface area contributed by atoms with Crippen LogP contribution in [0.15, 0.2) is 16.6 Å². The molecular weight excluding hydrogens is 354 g/mol. The van der Waals surface area contributed by atoms with Gasteiger partial charge in [-0.2, -0.15) is 0 Å². The molecule has 0 aliphatic carbocycles. The maximum absolute atomic E-state index is 6.38. The predicted octanol–water partition coefficient (Wildman–Crippen LogP) is 6.06. The average Bonchev–Trinajstić information content (AvgIpc) is 2.37. The van der Waals surface area contributed by atoms with Crippen molar-refractivity contribution in [2.24, 2.45) is 0 Å². The van der Waals surface area contributed by atoms with Crippen LogP contribution in [0, 0.1) is 0 Å². The van der Waals surface area contributed by atoms with E-state index in [-0.39, 0.29) is 10.5 Å². The van der Waals surface area contributed by atoms with Gasteiger partial charge in [-0.25, -0.2) is 0 Å².